The van der Waals surface area contributed by atoms with Gasteiger partial charge >= 0.3 is 5.97 Å². The zero-order chi connectivity index (χ0) is 11.5. The number of carbonyl (C=O) groups is 1. The third-order valence-electron chi connectivity index (χ3n) is 1.67. The first kappa shape index (κ1) is 12.9. The second kappa shape index (κ2) is 5.23. The first-order valence-corrected chi connectivity index (χ1v) is 6.58. The molecule has 15 heavy (non-hydrogen) atoms. The summed E-state index contributed by atoms with van der Waals surface area (Å²) in [6, 6.07) is 3.74. The van der Waals surface area contributed by atoms with Crippen molar-refractivity contribution in [2.24, 2.45) is 0 Å². The molecule has 0 N–H and O–H groups in total. The van der Waals surface area contributed by atoms with Crippen LogP contribution in [0.1, 0.15) is 20.8 Å². The highest BCUT2D eigenvalue weighted by molar-refractivity contribution is 8.03. The molecule has 0 amide bonds. The number of thiophene rings is 1. The van der Waals surface area contributed by atoms with Crippen LogP contribution in [0.4, 0.5) is 0 Å². The highest BCUT2D eigenvalue weighted by atomic mass is 35.5. The van der Waals surface area contributed by atoms with Gasteiger partial charge in [-0.15, -0.1) is 11.3 Å². The fourth-order valence-electron chi connectivity index (χ4n) is 0.951. The minimum Gasteiger partial charge on any atom is -0.465 e. The minimum atomic E-state index is -0.565. The highest BCUT2D eigenvalue weighted by Gasteiger charge is 2.31. The molecule has 0 aliphatic carbocycles. The maximum Gasteiger partial charge on any atom is 0.322 e. The van der Waals surface area contributed by atoms with Crippen LogP contribution in [0.5, 0.6) is 0 Å². The maximum atomic E-state index is 11.6. The lowest BCUT2D eigenvalue weighted by atomic mass is 10.2. The first-order valence-electron chi connectivity index (χ1n) is 4.57. The van der Waals surface area contributed by atoms with Gasteiger partial charge in [0.2, 0.25) is 0 Å². The summed E-state index contributed by atoms with van der Waals surface area (Å²) in [7, 11) is 0. The molecule has 0 radical (unpaired) electrons. The van der Waals surface area contributed by atoms with Crippen molar-refractivity contribution in [2.45, 2.75) is 29.7 Å². The molecule has 0 saturated carbocycles. The van der Waals surface area contributed by atoms with E-state index in [2.05, 4.69) is 0 Å². The van der Waals surface area contributed by atoms with Crippen LogP contribution < -0.4 is 0 Å². The number of rotatable bonds is 4. The van der Waals surface area contributed by atoms with E-state index in [1.165, 1.54) is 23.1 Å². The summed E-state index contributed by atoms with van der Waals surface area (Å²) in [6.07, 6.45) is 0. The van der Waals surface area contributed by atoms with Gasteiger partial charge in [-0.1, -0.05) is 23.4 Å². The van der Waals surface area contributed by atoms with Gasteiger partial charge in [0.25, 0.3) is 0 Å². The summed E-state index contributed by atoms with van der Waals surface area (Å²) in [5.74, 6) is -0.195. The molecule has 0 atom stereocenters. The molecule has 1 aromatic heterocycles. The van der Waals surface area contributed by atoms with E-state index in [0.29, 0.717) is 6.61 Å². The Balaban J connectivity index is 2.67. The summed E-state index contributed by atoms with van der Waals surface area (Å²) in [5, 5.41) is 0. The third-order valence-corrected chi connectivity index (χ3v) is 4.21. The number of thioether (sulfide) groups is 1. The Morgan fingerprint density at radius 1 is 1.60 bits per heavy atom. The topological polar surface area (TPSA) is 26.3 Å². The van der Waals surface area contributed by atoms with Crippen molar-refractivity contribution in [3.63, 3.8) is 0 Å². The maximum absolute atomic E-state index is 11.6. The zero-order valence-corrected chi connectivity index (χ0v) is 11.3. The molecule has 0 saturated heterocycles. The predicted octanol–water partition coefficient (Wildman–Crippen LogP) is 3.84. The SMILES string of the molecule is CCOC(=O)C(C)(C)Sc1ccc(Cl)s1. The second-order valence-corrected chi connectivity index (χ2v) is 7.03. The van der Waals surface area contributed by atoms with E-state index in [0.717, 1.165) is 8.55 Å². The number of hydrogen-bond donors (Lipinski definition) is 0. The van der Waals surface area contributed by atoms with Crippen LogP contribution in [0.25, 0.3) is 0 Å². The number of esters is 1. The molecule has 0 aliphatic rings. The van der Waals surface area contributed by atoms with Gasteiger partial charge in [-0.05, 0) is 32.9 Å². The van der Waals surface area contributed by atoms with Crippen molar-refractivity contribution in [1.29, 1.82) is 0 Å². The van der Waals surface area contributed by atoms with Gasteiger partial charge in [-0.2, -0.15) is 0 Å². The third kappa shape index (κ3) is 3.70. The molecule has 1 aromatic rings. The summed E-state index contributed by atoms with van der Waals surface area (Å²) in [6.45, 7) is 5.92. The zero-order valence-electron chi connectivity index (χ0n) is 8.87. The number of halogens is 1. The monoisotopic (exact) mass is 264 g/mol. The molecule has 0 aromatic carbocycles. The van der Waals surface area contributed by atoms with E-state index in [1.807, 2.05) is 26.0 Å². The van der Waals surface area contributed by atoms with Gasteiger partial charge in [0, 0.05) is 0 Å². The van der Waals surface area contributed by atoms with Gasteiger partial charge in [0.05, 0.1) is 15.2 Å². The molecular formula is C10H13ClO2S2. The smallest absolute Gasteiger partial charge is 0.322 e. The van der Waals surface area contributed by atoms with Crippen molar-refractivity contribution in [3.8, 4) is 0 Å². The molecule has 84 valence electrons. The van der Waals surface area contributed by atoms with E-state index in [9.17, 15) is 4.79 Å². The van der Waals surface area contributed by atoms with Crippen molar-refractivity contribution in [2.75, 3.05) is 6.61 Å². The van der Waals surface area contributed by atoms with Gasteiger partial charge < -0.3 is 4.74 Å². The Morgan fingerprint density at radius 2 is 2.27 bits per heavy atom. The summed E-state index contributed by atoms with van der Waals surface area (Å²) < 4.78 is 6.19. The number of hydrogen-bond acceptors (Lipinski definition) is 4. The molecule has 0 spiro atoms. The molecule has 0 aliphatic heterocycles. The molecule has 1 rings (SSSR count). The normalized spacial score (nSPS) is 11.5. The lowest BCUT2D eigenvalue weighted by Gasteiger charge is -2.20. The lowest BCUT2D eigenvalue weighted by molar-refractivity contribution is -0.145. The van der Waals surface area contributed by atoms with Crippen molar-refractivity contribution >= 4 is 40.7 Å². The first-order chi connectivity index (χ1) is 6.95. The standard InChI is InChI=1S/C10H13ClO2S2/c1-4-13-9(12)10(2,3)15-8-6-5-7(11)14-8/h5-6H,4H2,1-3H3. The fourth-order valence-corrected chi connectivity index (χ4v) is 3.71. The van der Waals surface area contributed by atoms with Crippen LogP contribution in [-0.2, 0) is 9.53 Å². The van der Waals surface area contributed by atoms with E-state index in [-0.39, 0.29) is 5.97 Å². The van der Waals surface area contributed by atoms with Crippen LogP contribution in [0.3, 0.4) is 0 Å². The van der Waals surface area contributed by atoms with E-state index in [1.54, 1.807) is 6.92 Å². The average molecular weight is 265 g/mol. The molecule has 0 unspecified atom stereocenters. The van der Waals surface area contributed by atoms with Gasteiger partial charge in [0.1, 0.15) is 4.75 Å². The van der Waals surface area contributed by atoms with Crippen molar-refractivity contribution < 1.29 is 9.53 Å². The van der Waals surface area contributed by atoms with Crippen LogP contribution in [0.2, 0.25) is 4.34 Å². The largest absolute Gasteiger partial charge is 0.465 e. The Labute approximate surface area is 103 Å². The van der Waals surface area contributed by atoms with E-state index >= 15 is 0 Å². The molecule has 0 bridgehead atoms. The van der Waals surface area contributed by atoms with Crippen LogP contribution in [0.15, 0.2) is 16.3 Å². The molecule has 5 heteroatoms. The van der Waals surface area contributed by atoms with Gasteiger partial charge in [-0.3, -0.25) is 4.79 Å². The minimum absolute atomic E-state index is 0.195. The van der Waals surface area contributed by atoms with E-state index < -0.39 is 4.75 Å². The van der Waals surface area contributed by atoms with Crippen LogP contribution in [-0.4, -0.2) is 17.3 Å². The number of ether oxygens (including phenoxy) is 1. The molecule has 0 fully saturated rings. The lowest BCUT2D eigenvalue weighted by Crippen LogP contribution is -2.29. The van der Waals surface area contributed by atoms with Crippen molar-refractivity contribution in [3.05, 3.63) is 16.5 Å². The van der Waals surface area contributed by atoms with Gasteiger partial charge in [0.15, 0.2) is 0 Å². The molecular weight excluding hydrogens is 252 g/mol. The Hall–Kier alpha value is -0.190. The molecule has 1 heterocycles. The summed E-state index contributed by atoms with van der Waals surface area (Å²) >= 11 is 8.76. The van der Waals surface area contributed by atoms with Crippen molar-refractivity contribution in [1.82, 2.24) is 0 Å². The van der Waals surface area contributed by atoms with E-state index in [4.69, 9.17) is 16.3 Å². The number of carbonyl (C=O) groups excluding carboxylic acids is 1. The van der Waals surface area contributed by atoms with Crippen LogP contribution in [0, 0.1) is 0 Å². The predicted molar refractivity (Wildman–Crippen MR) is 65.9 cm³/mol. The second-order valence-electron chi connectivity index (χ2n) is 3.39. The molecule has 2 nitrogen and oxygen atoms in total. The Morgan fingerprint density at radius 3 is 2.73 bits per heavy atom. The Kier molecular flexibility index (Phi) is 4.49. The quantitative estimate of drug-likeness (QED) is 0.611. The van der Waals surface area contributed by atoms with Crippen LogP contribution >= 0.6 is 34.7 Å². The Bertz CT molecular complexity index is 347. The summed E-state index contributed by atoms with van der Waals surface area (Å²) in [5.41, 5.74) is 0. The fraction of sp³-hybridized carbons (Fsp3) is 0.500. The highest BCUT2D eigenvalue weighted by Crippen LogP contribution is 2.38. The average Bonchev–Trinajstić information content (AvgIpc) is 2.50. The van der Waals surface area contributed by atoms with Gasteiger partial charge in [-0.25, -0.2) is 0 Å². The summed E-state index contributed by atoms with van der Waals surface area (Å²) in [4.78, 5) is 11.6.